The summed E-state index contributed by atoms with van der Waals surface area (Å²) >= 11 is 0. The summed E-state index contributed by atoms with van der Waals surface area (Å²) in [6, 6.07) is 8.39. The predicted octanol–water partition coefficient (Wildman–Crippen LogP) is 0.361. The molecule has 1 aliphatic carbocycles. The van der Waals surface area contributed by atoms with Gasteiger partial charge >= 0.3 is 5.91 Å². The van der Waals surface area contributed by atoms with E-state index in [1.807, 2.05) is 11.4 Å². The Bertz CT molecular complexity index is 372. The van der Waals surface area contributed by atoms with Crippen LogP contribution in [0.1, 0.15) is 29.4 Å². The number of benzene rings is 1. The number of carbonyl (C=O) groups excluding carboxylic acids is 1. The van der Waals surface area contributed by atoms with Gasteiger partial charge in [0, 0.05) is 5.92 Å². The fraction of sp³-hybridized carbons (Fsp3) is 0.364. The van der Waals surface area contributed by atoms with Crippen LogP contribution in [0.25, 0.3) is 0 Å². The molecule has 0 spiro atoms. The molecule has 1 amide bonds. The van der Waals surface area contributed by atoms with Gasteiger partial charge in [-0.2, -0.15) is 0 Å². The third kappa shape index (κ3) is 0.893. The van der Waals surface area contributed by atoms with Crippen LogP contribution in [0.2, 0.25) is 0 Å². The van der Waals surface area contributed by atoms with Crippen LogP contribution in [0.15, 0.2) is 24.3 Å². The summed E-state index contributed by atoms with van der Waals surface area (Å²) in [5, 5.41) is 1.87. The summed E-state index contributed by atoms with van der Waals surface area (Å²) in [5.41, 5.74) is 2.70. The molecule has 2 atom stereocenters. The third-order valence-corrected chi connectivity index (χ3v) is 3.28. The Hall–Kier alpha value is -1.15. The van der Waals surface area contributed by atoms with Gasteiger partial charge < -0.3 is 0 Å². The summed E-state index contributed by atoms with van der Waals surface area (Å²) in [6.07, 6.45) is 1.05. The number of piperidine rings is 1. The minimum absolute atomic E-state index is 0.190. The molecular weight excluding hydrogens is 162 g/mol. The molecule has 0 radical (unpaired) electrons. The Kier molecular flexibility index (Phi) is 1.35. The summed E-state index contributed by atoms with van der Waals surface area (Å²) in [6.45, 7) is 0.951. The van der Waals surface area contributed by atoms with Crippen molar-refractivity contribution in [2.24, 2.45) is 0 Å². The van der Waals surface area contributed by atoms with E-state index in [4.69, 9.17) is 0 Å². The van der Waals surface area contributed by atoms with Gasteiger partial charge in [0.2, 0.25) is 0 Å². The molecule has 1 aromatic rings. The largest absolute Gasteiger partial charge is 0.317 e. The van der Waals surface area contributed by atoms with Crippen molar-refractivity contribution in [1.82, 2.24) is 0 Å². The van der Waals surface area contributed by atoms with E-state index >= 15 is 0 Å². The van der Waals surface area contributed by atoms with Crippen LogP contribution in [-0.4, -0.2) is 12.5 Å². The molecule has 1 aliphatic heterocycles. The zero-order valence-corrected chi connectivity index (χ0v) is 7.36. The van der Waals surface area contributed by atoms with E-state index in [1.165, 1.54) is 11.1 Å². The number of rotatable bonds is 0. The van der Waals surface area contributed by atoms with Crippen molar-refractivity contribution >= 4 is 5.91 Å². The number of hydrogen-bond acceptors (Lipinski definition) is 1. The number of fused-ring (bicyclic) bond motifs is 5. The molecular formula is C11H12NO+. The lowest BCUT2D eigenvalue weighted by Gasteiger charge is -2.14. The van der Waals surface area contributed by atoms with Gasteiger partial charge in [0.05, 0.1) is 6.54 Å². The molecule has 1 aromatic carbocycles. The van der Waals surface area contributed by atoms with Gasteiger partial charge in [-0.25, -0.2) is 4.79 Å². The van der Waals surface area contributed by atoms with Crippen LogP contribution in [0, 0.1) is 0 Å². The average Bonchev–Trinajstić information content (AvgIpc) is 2.48. The molecule has 1 fully saturated rings. The maximum Gasteiger partial charge on any atom is 0.317 e. The molecule has 2 heteroatoms. The lowest BCUT2D eigenvalue weighted by Crippen LogP contribution is -2.91. The Morgan fingerprint density at radius 1 is 1.23 bits per heavy atom. The topological polar surface area (TPSA) is 33.7 Å². The lowest BCUT2D eigenvalue weighted by molar-refractivity contribution is -0.577. The summed E-state index contributed by atoms with van der Waals surface area (Å²) in [5.74, 6) is 1.15. The number of amides is 1. The first-order valence-electron chi connectivity index (χ1n) is 4.82. The zero-order chi connectivity index (χ0) is 8.84. The van der Waals surface area contributed by atoms with Gasteiger partial charge in [-0.15, -0.1) is 0 Å². The molecule has 1 saturated heterocycles. The monoisotopic (exact) mass is 174 g/mol. The van der Waals surface area contributed by atoms with Gasteiger partial charge in [-0.05, 0) is 17.5 Å². The van der Waals surface area contributed by atoms with Crippen LogP contribution >= 0.6 is 0 Å². The molecule has 1 heterocycles. The van der Waals surface area contributed by atoms with Gasteiger partial charge in [0.15, 0.2) is 0 Å². The van der Waals surface area contributed by atoms with Crippen LogP contribution in [0.5, 0.6) is 0 Å². The molecule has 3 rings (SSSR count). The Morgan fingerprint density at radius 3 is 2.85 bits per heavy atom. The van der Waals surface area contributed by atoms with E-state index in [2.05, 4.69) is 18.2 Å². The molecule has 66 valence electrons. The van der Waals surface area contributed by atoms with Crippen LogP contribution in [-0.2, 0) is 4.79 Å². The van der Waals surface area contributed by atoms with Crippen molar-refractivity contribution in [1.29, 1.82) is 0 Å². The van der Waals surface area contributed by atoms with Crippen molar-refractivity contribution in [2.45, 2.75) is 18.3 Å². The van der Waals surface area contributed by atoms with E-state index in [0.717, 1.165) is 13.0 Å². The standard InChI is InChI=1S/C11H11NO/c13-11-10-5-7(6-12-11)8-3-1-2-4-9(8)10/h1-4,7,10H,5-6H2,(H,12,13)/p+1. The first-order chi connectivity index (χ1) is 6.36. The predicted molar refractivity (Wildman–Crippen MR) is 48.3 cm³/mol. The van der Waals surface area contributed by atoms with Gasteiger partial charge in [0.1, 0.15) is 5.92 Å². The SMILES string of the molecule is O=C1[NH2+]CC2CC1c1ccccc12. The molecule has 2 nitrogen and oxygen atoms in total. The van der Waals surface area contributed by atoms with Crippen LogP contribution in [0.4, 0.5) is 0 Å². The summed E-state index contributed by atoms with van der Waals surface area (Å²) < 4.78 is 0. The second-order valence-corrected chi connectivity index (χ2v) is 3.96. The van der Waals surface area contributed by atoms with Gasteiger partial charge in [-0.3, -0.25) is 5.32 Å². The summed E-state index contributed by atoms with van der Waals surface area (Å²) in [4.78, 5) is 11.6. The summed E-state index contributed by atoms with van der Waals surface area (Å²) in [7, 11) is 0. The molecule has 2 bridgehead atoms. The molecule has 2 aliphatic rings. The van der Waals surface area contributed by atoms with Crippen molar-refractivity contribution in [3.8, 4) is 0 Å². The molecule has 2 unspecified atom stereocenters. The number of quaternary nitrogens is 1. The smallest absolute Gasteiger partial charge is 0.282 e. The second-order valence-electron chi connectivity index (χ2n) is 3.96. The third-order valence-electron chi connectivity index (χ3n) is 3.28. The zero-order valence-electron chi connectivity index (χ0n) is 7.36. The van der Waals surface area contributed by atoms with Crippen molar-refractivity contribution in [2.75, 3.05) is 6.54 Å². The highest BCUT2D eigenvalue weighted by Gasteiger charge is 2.42. The van der Waals surface area contributed by atoms with Gasteiger partial charge in [-0.1, -0.05) is 24.3 Å². The highest BCUT2D eigenvalue weighted by atomic mass is 16.1. The van der Waals surface area contributed by atoms with Crippen LogP contribution < -0.4 is 5.32 Å². The highest BCUT2D eigenvalue weighted by Crippen LogP contribution is 2.41. The number of nitrogens with two attached hydrogens (primary N) is 1. The van der Waals surface area contributed by atoms with E-state index in [9.17, 15) is 4.79 Å². The van der Waals surface area contributed by atoms with E-state index in [0.29, 0.717) is 11.8 Å². The first kappa shape index (κ1) is 7.27. The fourth-order valence-corrected chi connectivity index (χ4v) is 2.63. The first-order valence-corrected chi connectivity index (χ1v) is 4.82. The number of hydrogen-bond donors (Lipinski definition) is 1. The quantitative estimate of drug-likeness (QED) is 0.605. The minimum atomic E-state index is 0.190. The van der Waals surface area contributed by atoms with Crippen LogP contribution in [0.3, 0.4) is 0 Å². The molecule has 2 N–H and O–H groups in total. The average molecular weight is 174 g/mol. The Morgan fingerprint density at radius 2 is 2.00 bits per heavy atom. The number of carbonyl (C=O) groups is 1. The Labute approximate surface area is 77.0 Å². The van der Waals surface area contributed by atoms with Gasteiger partial charge in [0.25, 0.3) is 0 Å². The maximum atomic E-state index is 11.6. The lowest BCUT2D eigenvalue weighted by atomic mass is 9.97. The van der Waals surface area contributed by atoms with E-state index < -0.39 is 0 Å². The maximum absolute atomic E-state index is 11.6. The molecule has 0 aromatic heterocycles. The molecule has 13 heavy (non-hydrogen) atoms. The van der Waals surface area contributed by atoms with Crippen molar-refractivity contribution in [3.05, 3.63) is 35.4 Å². The Balaban J connectivity index is 2.18. The van der Waals surface area contributed by atoms with E-state index in [-0.39, 0.29) is 5.92 Å². The fourth-order valence-electron chi connectivity index (χ4n) is 2.63. The second kappa shape index (κ2) is 2.42. The molecule has 0 saturated carbocycles. The normalized spacial score (nSPS) is 30.3. The van der Waals surface area contributed by atoms with Crippen molar-refractivity contribution in [3.63, 3.8) is 0 Å². The number of primary amides is 1. The van der Waals surface area contributed by atoms with E-state index in [1.54, 1.807) is 0 Å². The highest BCUT2D eigenvalue weighted by molar-refractivity contribution is 5.78. The van der Waals surface area contributed by atoms with Crippen molar-refractivity contribution < 1.29 is 10.1 Å². The minimum Gasteiger partial charge on any atom is -0.282 e.